The Morgan fingerprint density at radius 3 is 2.46 bits per heavy atom. The molecule has 3 aromatic rings. The van der Waals surface area contributed by atoms with Crippen LogP contribution in [0.15, 0.2) is 48.7 Å². The Bertz CT molecular complexity index is 1010. The van der Waals surface area contributed by atoms with Gasteiger partial charge >= 0.3 is 0 Å². The van der Waals surface area contributed by atoms with E-state index >= 15 is 0 Å². The summed E-state index contributed by atoms with van der Waals surface area (Å²) in [7, 11) is 0. The molecule has 1 saturated heterocycles. The average Bonchev–Trinajstić information content (AvgIpc) is 3.20. The molecule has 2 aromatic carbocycles. The van der Waals surface area contributed by atoms with Gasteiger partial charge < -0.3 is 9.80 Å². The number of carbonyl (C=O) groups is 1. The third-order valence-electron chi connectivity index (χ3n) is 5.23. The highest BCUT2D eigenvalue weighted by atomic mass is 35.5. The molecule has 1 fully saturated rings. The molecule has 144 valence electrons. The summed E-state index contributed by atoms with van der Waals surface area (Å²) in [4.78, 5) is 16.9. The number of piperazine rings is 1. The zero-order valence-electron chi connectivity index (χ0n) is 16.0. The van der Waals surface area contributed by atoms with Crippen molar-refractivity contribution in [3.05, 3.63) is 70.5 Å². The van der Waals surface area contributed by atoms with Gasteiger partial charge in [-0.25, -0.2) is 4.68 Å². The van der Waals surface area contributed by atoms with Crippen LogP contribution in [-0.4, -0.2) is 52.0 Å². The highest BCUT2D eigenvalue weighted by Gasteiger charge is 2.25. The molecule has 6 nitrogen and oxygen atoms in total. The van der Waals surface area contributed by atoms with E-state index in [-0.39, 0.29) is 5.91 Å². The number of amides is 1. The van der Waals surface area contributed by atoms with E-state index in [1.807, 2.05) is 47.4 Å². The first-order valence-corrected chi connectivity index (χ1v) is 9.69. The van der Waals surface area contributed by atoms with Crippen molar-refractivity contribution in [2.45, 2.75) is 13.8 Å². The van der Waals surface area contributed by atoms with Gasteiger partial charge in [0.15, 0.2) is 5.69 Å². The molecule has 1 aromatic heterocycles. The lowest BCUT2D eigenvalue weighted by Gasteiger charge is -2.36. The molecule has 28 heavy (non-hydrogen) atoms. The number of rotatable bonds is 3. The molecular formula is C21H22ClN5O. The minimum Gasteiger partial charge on any atom is -0.367 e. The lowest BCUT2D eigenvalue weighted by molar-refractivity contribution is 0.0741. The van der Waals surface area contributed by atoms with Gasteiger partial charge in [-0.15, -0.1) is 5.10 Å². The Hall–Kier alpha value is -2.86. The fourth-order valence-electron chi connectivity index (χ4n) is 3.38. The van der Waals surface area contributed by atoms with Crippen molar-refractivity contribution in [2.75, 3.05) is 31.1 Å². The summed E-state index contributed by atoms with van der Waals surface area (Å²) in [5.74, 6) is -0.0890. The predicted molar refractivity (Wildman–Crippen MR) is 110 cm³/mol. The lowest BCUT2D eigenvalue weighted by atomic mass is 10.1. The molecule has 0 N–H and O–H groups in total. The van der Waals surface area contributed by atoms with Gasteiger partial charge in [0.2, 0.25) is 0 Å². The first-order chi connectivity index (χ1) is 13.5. The van der Waals surface area contributed by atoms with Crippen LogP contribution in [0.4, 0.5) is 5.69 Å². The third-order valence-corrected chi connectivity index (χ3v) is 5.55. The Labute approximate surface area is 169 Å². The molecule has 0 spiro atoms. The van der Waals surface area contributed by atoms with Crippen molar-refractivity contribution < 1.29 is 4.79 Å². The van der Waals surface area contributed by atoms with Gasteiger partial charge in [-0.3, -0.25) is 4.79 Å². The molecule has 0 radical (unpaired) electrons. The van der Waals surface area contributed by atoms with Crippen molar-refractivity contribution in [1.29, 1.82) is 0 Å². The summed E-state index contributed by atoms with van der Waals surface area (Å²) in [5, 5.41) is 8.97. The van der Waals surface area contributed by atoms with Crippen LogP contribution < -0.4 is 4.90 Å². The maximum atomic E-state index is 12.8. The Balaban J connectivity index is 1.44. The summed E-state index contributed by atoms with van der Waals surface area (Å²) >= 11 is 6.29. The number of anilines is 1. The fourth-order valence-corrected chi connectivity index (χ4v) is 3.63. The van der Waals surface area contributed by atoms with Crippen molar-refractivity contribution in [1.82, 2.24) is 19.9 Å². The van der Waals surface area contributed by atoms with Crippen molar-refractivity contribution in [3.8, 4) is 5.69 Å². The monoisotopic (exact) mass is 395 g/mol. The molecule has 0 unspecified atom stereocenters. The number of aromatic nitrogens is 3. The molecule has 0 atom stereocenters. The number of benzene rings is 2. The molecule has 0 saturated carbocycles. The van der Waals surface area contributed by atoms with Crippen LogP contribution in [0, 0.1) is 13.8 Å². The summed E-state index contributed by atoms with van der Waals surface area (Å²) in [6, 6.07) is 13.9. The topological polar surface area (TPSA) is 54.3 Å². The molecule has 0 aliphatic carbocycles. The van der Waals surface area contributed by atoms with Gasteiger partial charge in [0.05, 0.1) is 22.6 Å². The molecule has 1 aliphatic heterocycles. The summed E-state index contributed by atoms with van der Waals surface area (Å²) in [5.41, 5.74) is 4.67. The van der Waals surface area contributed by atoms with Crippen LogP contribution in [0.25, 0.3) is 5.69 Å². The normalized spacial score (nSPS) is 14.4. The summed E-state index contributed by atoms with van der Waals surface area (Å²) in [6.45, 7) is 6.85. The molecule has 2 heterocycles. The van der Waals surface area contributed by atoms with E-state index < -0.39 is 0 Å². The van der Waals surface area contributed by atoms with Gasteiger partial charge in [0.25, 0.3) is 5.91 Å². The van der Waals surface area contributed by atoms with Crippen LogP contribution in [-0.2, 0) is 0 Å². The SMILES string of the molecule is Cc1ccc(-n2cc(C(=O)N3CCN(c4ccccc4Cl)CC3)nn2)cc1C. The van der Waals surface area contributed by atoms with Crippen molar-refractivity contribution in [3.63, 3.8) is 0 Å². The first-order valence-electron chi connectivity index (χ1n) is 9.31. The summed E-state index contributed by atoms with van der Waals surface area (Å²) in [6.07, 6.45) is 1.70. The summed E-state index contributed by atoms with van der Waals surface area (Å²) < 4.78 is 1.65. The first kappa shape index (κ1) is 18.5. The minimum atomic E-state index is -0.0890. The van der Waals surface area contributed by atoms with Gasteiger partial charge in [-0.2, -0.15) is 0 Å². The number of aryl methyl sites for hydroxylation is 2. The zero-order valence-corrected chi connectivity index (χ0v) is 16.7. The lowest BCUT2D eigenvalue weighted by Crippen LogP contribution is -2.49. The number of hydrogen-bond donors (Lipinski definition) is 0. The Morgan fingerprint density at radius 2 is 1.75 bits per heavy atom. The van der Waals surface area contributed by atoms with E-state index in [2.05, 4.69) is 29.1 Å². The van der Waals surface area contributed by atoms with Crippen LogP contribution in [0.5, 0.6) is 0 Å². The maximum Gasteiger partial charge on any atom is 0.276 e. The number of para-hydroxylation sites is 1. The van der Waals surface area contributed by atoms with Gasteiger partial charge in [0.1, 0.15) is 0 Å². The Morgan fingerprint density at radius 1 is 1.00 bits per heavy atom. The Kier molecular flexibility index (Phi) is 5.05. The second kappa shape index (κ2) is 7.64. The molecule has 0 bridgehead atoms. The molecule has 1 aliphatic rings. The van der Waals surface area contributed by atoms with Crippen molar-refractivity contribution in [2.24, 2.45) is 0 Å². The number of nitrogens with zero attached hydrogens (tertiary/aromatic N) is 5. The van der Waals surface area contributed by atoms with E-state index in [0.29, 0.717) is 18.8 Å². The third kappa shape index (κ3) is 3.60. The molecule has 7 heteroatoms. The molecule has 1 amide bonds. The van der Waals surface area contributed by atoms with E-state index in [4.69, 9.17) is 11.6 Å². The number of hydrogen-bond acceptors (Lipinski definition) is 4. The zero-order chi connectivity index (χ0) is 19.7. The standard InChI is InChI=1S/C21H22ClN5O/c1-15-7-8-17(13-16(15)2)27-14-19(23-24-27)21(28)26-11-9-25(10-12-26)20-6-4-3-5-18(20)22/h3-8,13-14H,9-12H2,1-2H3. The van der Waals surface area contributed by atoms with Crippen LogP contribution in [0.1, 0.15) is 21.6 Å². The highest BCUT2D eigenvalue weighted by Crippen LogP contribution is 2.26. The number of carbonyl (C=O) groups excluding carboxylic acids is 1. The number of halogens is 1. The fraction of sp³-hybridized carbons (Fsp3) is 0.286. The predicted octanol–water partition coefficient (Wildman–Crippen LogP) is 3.50. The smallest absolute Gasteiger partial charge is 0.276 e. The van der Waals surface area contributed by atoms with E-state index in [0.717, 1.165) is 29.5 Å². The largest absolute Gasteiger partial charge is 0.367 e. The van der Waals surface area contributed by atoms with Gasteiger partial charge in [-0.05, 0) is 49.2 Å². The van der Waals surface area contributed by atoms with E-state index in [1.165, 1.54) is 11.1 Å². The quantitative estimate of drug-likeness (QED) is 0.681. The van der Waals surface area contributed by atoms with Gasteiger partial charge in [0, 0.05) is 26.2 Å². The average molecular weight is 396 g/mol. The second-order valence-electron chi connectivity index (χ2n) is 7.05. The van der Waals surface area contributed by atoms with Crippen molar-refractivity contribution >= 4 is 23.2 Å². The van der Waals surface area contributed by atoms with E-state index in [9.17, 15) is 4.79 Å². The molecular weight excluding hydrogens is 374 g/mol. The maximum absolute atomic E-state index is 12.8. The van der Waals surface area contributed by atoms with Gasteiger partial charge in [-0.1, -0.05) is 35.0 Å². The van der Waals surface area contributed by atoms with Crippen LogP contribution in [0.2, 0.25) is 5.02 Å². The highest BCUT2D eigenvalue weighted by molar-refractivity contribution is 6.33. The van der Waals surface area contributed by atoms with E-state index in [1.54, 1.807) is 10.9 Å². The second-order valence-corrected chi connectivity index (χ2v) is 7.45. The van der Waals surface area contributed by atoms with Crippen LogP contribution >= 0.6 is 11.6 Å². The minimum absolute atomic E-state index is 0.0890. The molecule has 4 rings (SSSR count). The van der Waals surface area contributed by atoms with Crippen LogP contribution in [0.3, 0.4) is 0 Å².